The Kier molecular flexibility index (Phi) is 7.67. The minimum absolute atomic E-state index is 0.226. The number of aromatic amines is 1. The lowest BCUT2D eigenvalue weighted by Crippen LogP contribution is -2.48. The van der Waals surface area contributed by atoms with E-state index < -0.39 is 12.1 Å². The third kappa shape index (κ3) is 6.19. The number of methoxy groups -OCH3 is 2. The molecule has 9 nitrogen and oxygen atoms in total. The highest BCUT2D eigenvalue weighted by atomic mass is 16.5. The van der Waals surface area contributed by atoms with Crippen LogP contribution >= 0.6 is 0 Å². The fourth-order valence-corrected chi connectivity index (χ4v) is 2.63. The Hall–Kier alpha value is -3.23. The van der Waals surface area contributed by atoms with Crippen molar-refractivity contribution in [1.29, 1.82) is 0 Å². The molecule has 0 unspecified atom stereocenters. The van der Waals surface area contributed by atoms with Gasteiger partial charge in [-0.2, -0.15) is 5.10 Å². The summed E-state index contributed by atoms with van der Waals surface area (Å²) in [6.45, 7) is 4.25. The SMILES string of the molecule is COc1ccc(CNC(=O)N[C@@H](CC(C)C)C(=O)Nc2ccn[nH]2)cc1OC. The van der Waals surface area contributed by atoms with E-state index in [1.165, 1.54) is 6.20 Å². The number of amides is 3. The molecule has 0 bridgehead atoms. The first-order chi connectivity index (χ1) is 13.4. The maximum absolute atomic E-state index is 12.5. The number of nitrogens with one attached hydrogen (secondary N) is 4. The zero-order valence-corrected chi connectivity index (χ0v) is 16.5. The molecule has 28 heavy (non-hydrogen) atoms. The number of hydrogen-bond donors (Lipinski definition) is 4. The summed E-state index contributed by atoms with van der Waals surface area (Å²) in [4.78, 5) is 24.8. The second kappa shape index (κ2) is 10.2. The van der Waals surface area contributed by atoms with Crippen molar-refractivity contribution in [1.82, 2.24) is 20.8 Å². The number of carbonyl (C=O) groups excluding carboxylic acids is 2. The Morgan fingerprint density at radius 1 is 1.14 bits per heavy atom. The third-order valence-corrected chi connectivity index (χ3v) is 3.99. The van der Waals surface area contributed by atoms with Gasteiger partial charge in [0.1, 0.15) is 11.9 Å². The van der Waals surface area contributed by atoms with Gasteiger partial charge < -0.3 is 25.4 Å². The van der Waals surface area contributed by atoms with E-state index in [2.05, 4.69) is 26.1 Å². The van der Waals surface area contributed by atoms with Crippen LogP contribution in [0.4, 0.5) is 10.6 Å². The van der Waals surface area contributed by atoms with Crippen molar-refractivity contribution in [2.24, 2.45) is 5.92 Å². The van der Waals surface area contributed by atoms with Gasteiger partial charge in [-0.3, -0.25) is 9.89 Å². The first kappa shape index (κ1) is 21.1. The van der Waals surface area contributed by atoms with Gasteiger partial charge in [-0.15, -0.1) is 0 Å². The van der Waals surface area contributed by atoms with Crippen LogP contribution in [0.2, 0.25) is 0 Å². The van der Waals surface area contributed by atoms with Gasteiger partial charge in [-0.1, -0.05) is 19.9 Å². The lowest BCUT2D eigenvalue weighted by molar-refractivity contribution is -0.118. The van der Waals surface area contributed by atoms with Crippen molar-refractivity contribution in [3.8, 4) is 11.5 Å². The first-order valence-electron chi connectivity index (χ1n) is 8.98. The molecule has 0 aliphatic rings. The third-order valence-electron chi connectivity index (χ3n) is 3.99. The molecular formula is C19H27N5O4. The quantitative estimate of drug-likeness (QED) is 0.525. The molecule has 0 saturated carbocycles. The molecule has 0 aliphatic heterocycles. The molecule has 9 heteroatoms. The second-order valence-electron chi connectivity index (χ2n) is 6.66. The normalized spacial score (nSPS) is 11.6. The molecule has 0 radical (unpaired) electrons. The Labute approximate surface area is 164 Å². The average Bonchev–Trinajstić information content (AvgIpc) is 3.18. The van der Waals surface area contributed by atoms with Gasteiger partial charge in [0.2, 0.25) is 5.91 Å². The number of H-pyrrole nitrogens is 1. The van der Waals surface area contributed by atoms with E-state index >= 15 is 0 Å². The second-order valence-corrected chi connectivity index (χ2v) is 6.66. The molecule has 4 N–H and O–H groups in total. The maximum atomic E-state index is 12.5. The van der Waals surface area contributed by atoms with Crippen molar-refractivity contribution in [3.05, 3.63) is 36.0 Å². The minimum Gasteiger partial charge on any atom is -0.493 e. The van der Waals surface area contributed by atoms with Crippen LogP contribution in [0, 0.1) is 5.92 Å². The Morgan fingerprint density at radius 2 is 1.89 bits per heavy atom. The molecule has 2 rings (SSSR count). The highest BCUT2D eigenvalue weighted by Crippen LogP contribution is 2.27. The fourth-order valence-electron chi connectivity index (χ4n) is 2.63. The lowest BCUT2D eigenvalue weighted by Gasteiger charge is -2.20. The average molecular weight is 389 g/mol. The highest BCUT2D eigenvalue weighted by Gasteiger charge is 2.22. The molecule has 0 aliphatic carbocycles. The minimum atomic E-state index is -0.672. The molecule has 1 atom stereocenters. The molecule has 2 aromatic rings. The topological polar surface area (TPSA) is 117 Å². The van der Waals surface area contributed by atoms with Gasteiger partial charge in [0.15, 0.2) is 11.5 Å². The summed E-state index contributed by atoms with van der Waals surface area (Å²) in [6.07, 6.45) is 2.04. The van der Waals surface area contributed by atoms with Gasteiger partial charge in [-0.25, -0.2) is 4.79 Å². The zero-order chi connectivity index (χ0) is 20.5. The number of hydrogen-bond acceptors (Lipinski definition) is 5. The van der Waals surface area contributed by atoms with E-state index in [1.54, 1.807) is 32.4 Å². The summed E-state index contributed by atoms with van der Waals surface area (Å²) < 4.78 is 10.5. The summed E-state index contributed by atoms with van der Waals surface area (Å²) >= 11 is 0. The van der Waals surface area contributed by atoms with Gasteiger partial charge in [0, 0.05) is 12.6 Å². The van der Waals surface area contributed by atoms with E-state index in [4.69, 9.17) is 9.47 Å². The first-order valence-corrected chi connectivity index (χ1v) is 8.98. The van der Waals surface area contributed by atoms with Crippen LogP contribution in [0.25, 0.3) is 0 Å². The van der Waals surface area contributed by atoms with Crippen molar-refractivity contribution < 1.29 is 19.1 Å². The number of carbonyl (C=O) groups is 2. The monoisotopic (exact) mass is 389 g/mol. The molecular weight excluding hydrogens is 362 g/mol. The van der Waals surface area contributed by atoms with Crippen molar-refractivity contribution in [3.63, 3.8) is 0 Å². The van der Waals surface area contributed by atoms with Gasteiger partial charge >= 0.3 is 6.03 Å². The van der Waals surface area contributed by atoms with E-state index in [9.17, 15) is 9.59 Å². The van der Waals surface area contributed by atoms with Gasteiger partial charge in [0.25, 0.3) is 0 Å². The van der Waals surface area contributed by atoms with Crippen LogP contribution in [-0.2, 0) is 11.3 Å². The molecule has 152 valence electrons. The molecule has 3 amide bonds. The Morgan fingerprint density at radius 3 is 2.50 bits per heavy atom. The van der Waals surface area contributed by atoms with Crippen LogP contribution in [0.3, 0.4) is 0 Å². The molecule has 0 saturated heterocycles. The zero-order valence-electron chi connectivity index (χ0n) is 16.5. The predicted octanol–water partition coefficient (Wildman–Crippen LogP) is 2.28. The Bertz CT molecular complexity index is 777. The highest BCUT2D eigenvalue weighted by molar-refractivity contribution is 5.96. The van der Waals surface area contributed by atoms with E-state index in [0.717, 1.165) is 5.56 Å². The van der Waals surface area contributed by atoms with Crippen molar-refractivity contribution in [2.45, 2.75) is 32.9 Å². The molecule has 1 aromatic carbocycles. The number of benzene rings is 1. The van der Waals surface area contributed by atoms with Crippen LogP contribution in [0.15, 0.2) is 30.5 Å². The Balaban J connectivity index is 1.94. The van der Waals surface area contributed by atoms with Crippen LogP contribution in [0.1, 0.15) is 25.8 Å². The molecule has 0 spiro atoms. The standard InChI is InChI=1S/C19H27N5O4/c1-12(2)9-14(18(25)23-17-7-8-21-24-17)22-19(26)20-11-13-5-6-15(27-3)16(10-13)28-4/h5-8,10,12,14H,9,11H2,1-4H3,(H2,20,22,26)(H2,21,23,24,25)/t14-/m0/s1. The van der Waals surface area contributed by atoms with E-state index in [1.807, 2.05) is 19.9 Å². The lowest BCUT2D eigenvalue weighted by atomic mass is 10.0. The summed E-state index contributed by atoms with van der Waals surface area (Å²) in [7, 11) is 3.11. The number of rotatable bonds is 9. The smallest absolute Gasteiger partial charge is 0.315 e. The number of aromatic nitrogens is 2. The fraction of sp³-hybridized carbons (Fsp3) is 0.421. The van der Waals surface area contributed by atoms with Crippen LogP contribution < -0.4 is 25.4 Å². The summed E-state index contributed by atoms with van der Waals surface area (Å²) in [5.74, 6) is 1.59. The van der Waals surface area contributed by atoms with Gasteiger partial charge in [-0.05, 0) is 30.0 Å². The molecule has 1 heterocycles. The summed E-state index contributed by atoms with van der Waals surface area (Å²) in [5, 5.41) is 14.6. The molecule has 0 fully saturated rings. The number of anilines is 1. The molecule has 1 aromatic heterocycles. The predicted molar refractivity (Wildman–Crippen MR) is 105 cm³/mol. The summed E-state index contributed by atoms with van der Waals surface area (Å²) in [5.41, 5.74) is 0.843. The number of urea groups is 1. The summed E-state index contributed by atoms with van der Waals surface area (Å²) in [6, 6.07) is 5.93. The van der Waals surface area contributed by atoms with Crippen molar-refractivity contribution >= 4 is 17.8 Å². The van der Waals surface area contributed by atoms with E-state index in [-0.39, 0.29) is 18.4 Å². The van der Waals surface area contributed by atoms with Crippen molar-refractivity contribution in [2.75, 3.05) is 19.5 Å². The van der Waals surface area contributed by atoms with Gasteiger partial charge in [0.05, 0.1) is 20.4 Å². The van der Waals surface area contributed by atoms with E-state index in [0.29, 0.717) is 23.7 Å². The maximum Gasteiger partial charge on any atom is 0.315 e. The number of nitrogens with zero attached hydrogens (tertiary/aromatic N) is 1. The largest absolute Gasteiger partial charge is 0.493 e. The van der Waals surface area contributed by atoms with Crippen LogP contribution in [0.5, 0.6) is 11.5 Å². The van der Waals surface area contributed by atoms with Crippen LogP contribution in [-0.4, -0.2) is 42.4 Å². The number of ether oxygens (including phenoxy) is 2.